The summed E-state index contributed by atoms with van der Waals surface area (Å²) in [6, 6.07) is 4.92. The van der Waals surface area contributed by atoms with Crippen LogP contribution in [0.3, 0.4) is 0 Å². The minimum atomic E-state index is -0.540. The molecule has 4 heteroatoms. The maximum Gasteiger partial charge on any atom is 0.0761 e. The van der Waals surface area contributed by atoms with Crippen LogP contribution in [0, 0.1) is 5.92 Å². The molecule has 0 aromatic heterocycles. The summed E-state index contributed by atoms with van der Waals surface area (Å²) >= 11 is 12.1. The van der Waals surface area contributed by atoms with Crippen LogP contribution in [0.2, 0.25) is 10.0 Å². The SMILES string of the molecule is N[C@H](c1cccc(Cl)c1Cl)[C@@H](O)C1CCCCC1. The van der Waals surface area contributed by atoms with Gasteiger partial charge in [-0.1, -0.05) is 54.6 Å². The van der Waals surface area contributed by atoms with Crippen LogP contribution >= 0.6 is 23.2 Å². The molecule has 1 aliphatic carbocycles. The Hall–Kier alpha value is -0.280. The van der Waals surface area contributed by atoms with E-state index in [4.69, 9.17) is 28.9 Å². The van der Waals surface area contributed by atoms with Gasteiger partial charge in [0.05, 0.1) is 22.2 Å². The quantitative estimate of drug-likeness (QED) is 0.885. The lowest BCUT2D eigenvalue weighted by atomic mass is 9.81. The third-order valence-corrected chi connectivity index (χ3v) is 4.67. The predicted octanol–water partition coefficient (Wildman–Crippen LogP) is 3.93. The standard InChI is InChI=1S/C14H19Cl2NO/c15-11-8-4-7-10(12(11)16)13(17)14(18)9-5-2-1-3-6-9/h4,7-9,13-14,18H,1-3,5-6,17H2/t13-,14+/m1/s1. The summed E-state index contributed by atoms with van der Waals surface area (Å²) in [5.74, 6) is 0.281. The molecule has 0 aliphatic heterocycles. The summed E-state index contributed by atoms with van der Waals surface area (Å²) in [6.07, 6.45) is 5.17. The third-order valence-electron chi connectivity index (χ3n) is 3.84. The maximum atomic E-state index is 10.4. The molecule has 18 heavy (non-hydrogen) atoms. The first-order chi connectivity index (χ1) is 8.61. The van der Waals surface area contributed by atoms with Gasteiger partial charge in [0.1, 0.15) is 0 Å². The Morgan fingerprint density at radius 2 is 1.83 bits per heavy atom. The third kappa shape index (κ3) is 3.00. The van der Waals surface area contributed by atoms with Crippen LogP contribution in [-0.2, 0) is 0 Å². The number of rotatable bonds is 3. The Morgan fingerprint density at radius 1 is 1.17 bits per heavy atom. The second kappa shape index (κ2) is 6.25. The number of aliphatic hydroxyl groups is 1. The molecule has 0 spiro atoms. The molecule has 0 amide bonds. The summed E-state index contributed by atoms with van der Waals surface area (Å²) in [4.78, 5) is 0. The van der Waals surface area contributed by atoms with Gasteiger partial charge in [0.15, 0.2) is 0 Å². The van der Waals surface area contributed by atoms with Gasteiger partial charge in [-0.2, -0.15) is 0 Å². The second-order valence-corrected chi connectivity index (χ2v) is 5.84. The summed E-state index contributed by atoms with van der Waals surface area (Å²) in [7, 11) is 0. The van der Waals surface area contributed by atoms with Crippen molar-refractivity contribution in [2.75, 3.05) is 0 Å². The number of benzene rings is 1. The lowest BCUT2D eigenvalue weighted by Gasteiger charge is -2.31. The van der Waals surface area contributed by atoms with Gasteiger partial charge in [-0.3, -0.25) is 0 Å². The second-order valence-electron chi connectivity index (χ2n) is 5.06. The molecule has 100 valence electrons. The minimum absolute atomic E-state index is 0.281. The highest BCUT2D eigenvalue weighted by Crippen LogP contribution is 2.35. The molecule has 0 bridgehead atoms. The van der Waals surface area contributed by atoms with Crippen molar-refractivity contribution in [1.29, 1.82) is 0 Å². The van der Waals surface area contributed by atoms with E-state index < -0.39 is 12.1 Å². The Kier molecular flexibility index (Phi) is 4.91. The lowest BCUT2D eigenvalue weighted by molar-refractivity contribution is 0.0618. The number of hydrogen-bond acceptors (Lipinski definition) is 2. The lowest BCUT2D eigenvalue weighted by Crippen LogP contribution is -2.34. The average molecular weight is 288 g/mol. The van der Waals surface area contributed by atoms with Gasteiger partial charge in [-0.15, -0.1) is 0 Å². The van der Waals surface area contributed by atoms with E-state index in [-0.39, 0.29) is 5.92 Å². The number of aliphatic hydroxyl groups excluding tert-OH is 1. The van der Waals surface area contributed by atoms with Crippen molar-refractivity contribution >= 4 is 23.2 Å². The smallest absolute Gasteiger partial charge is 0.0761 e. The van der Waals surface area contributed by atoms with E-state index in [1.807, 2.05) is 12.1 Å². The zero-order chi connectivity index (χ0) is 13.1. The van der Waals surface area contributed by atoms with Crippen molar-refractivity contribution in [3.05, 3.63) is 33.8 Å². The molecule has 0 saturated heterocycles. The topological polar surface area (TPSA) is 46.2 Å². The van der Waals surface area contributed by atoms with Gasteiger partial charge in [0.25, 0.3) is 0 Å². The molecule has 1 aromatic carbocycles. The maximum absolute atomic E-state index is 10.4. The summed E-state index contributed by atoms with van der Waals surface area (Å²) in [5, 5.41) is 11.3. The number of hydrogen-bond donors (Lipinski definition) is 2. The molecule has 2 nitrogen and oxygen atoms in total. The van der Waals surface area contributed by atoms with Crippen molar-refractivity contribution in [3.8, 4) is 0 Å². The fraction of sp³-hybridized carbons (Fsp3) is 0.571. The molecule has 0 radical (unpaired) electrons. The van der Waals surface area contributed by atoms with Crippen LogP contribution in [0.15, 0.2) is 18.2 Å². The minimum Gasteiger partial charge on any atom is -0.391 e. The van der Waals surface area contributed by atoms with Crippen molar-refractivity contribution in [2.24, 2.45) is 11.7 Å². The van der Waals surface area contributed by atoms with Gasteiger partial charge >= 0.3 is 0 Å². The molecule has 1 saturated carbocycles. The fourth-order valence-electron chi connectivity index (χ4n) is 2.73. The molecular formula is C14H19Cl2NO. The van der Waals surface area contributed by atoms with Gasteiger partial charge < -0.3 is 10.8 Å². The summed E-state index contributed by atoms with van der Waals surface area (Å²) < 4.78 is 0. The Labute approximate surface area is 118 Å². The molecule has 2 rings (SSSR count). The van der Waals surface area contributed by atoms with Gasteiger partial charge in [-0.25, -0.2) is 0 Å². The van der Waals surface area contributed by atoms with Crippen LogP contribution in [-0.4, -0.2) is 11.2 Å². The van der Waals surface area contributed by atoms with Crippen LogP contribution in [0.5, 0.6) is 0 Å². The highest BCUT2D eigenvalue weighted by atomic mass is 35.5. The Morgan fingerprint density at radius 3 is 2.50 bits per heavy atom. The van der Waals surface area contributed by atoms with Crippen LogP contribution in [0.1, 0.15) is 43.7 Å². The molecule has 1 aliphatic rings. The van der Waals surface area contributed by atoms with E-state index in [0.29, 0.717) is 10.0 Å². The van der Waals surface area contributed by atoms with Gasteiger partial charge in [-0.05, 0) is 30.4 Å². The monoisotopic (exact) mass is 287 g/mol. The molecular weight excluding hydrogens is 269 g/mol. The first-order valence-electron chi connectivity index (χ1n) is 6.49. The normalized spacial score (nSPS) is 20.7. The molecule has 3 N–H and O–H groups in total. The van der Waals surface area contributed by atoms with E-state index in [0.717, 1.165) is 18.4 Å². The summed E-state index contributed by atoms with van der Waals surface area (Å²) in [6.45, 7) is 0. The number of nitrogens with two attached hydrogens (primary N) is 1. The van der Waals surface area contributed by atoms with Crippen molar-refractivity contribution in [3.63, 3.8) is 0 Å². The van der Waals surface area contributed by atoms with E-state index in [1.54, 1.807) is 6.07 Å². The van der Waals surface area contributed by atoms with Crippen LogP contribution < -0.4 is 5.73 Å². The molecule has 2 atom stereocenters. The van der Waals surface area contributed by atoms with E-state index in [1.165, 1.54) is 19.3 Å². The van der Waals surface area contributed by atoms with Crippen molar-refractivity contribution < 1.29 is 5.11 Å². The highest BCUT2D eigenvalue weighted by Gasteiger charge is 2.28. The molecule has 0 heterocycles. The molecule has 1 aromatic rings. The molecule has 0 unspecified atom stereocenters. The largest absolute Gasteiger partial charge is 0.391 e. The fourth-order valence-corrected chi connectivity index (χ4v) is 3.16. The van der Waals surface area contributed by atoms with E-state index >= 15 is 0 Å². The average Bonchev–Trinajstić information content (AvgIpc) is 2.41. The van der Waals surface area contributed by atoms with Crippen molar-refractivity contribution in [1.82, 2.24) is 0 Å². The van der Waals surface area contributed by atoms with Crippen LogP contribution in [0.4, 0.5) is 0 Å². The van der Waals surface area contributed by atoms with E-state index in [2.05, 4.69) is 0 Å². The van der Waals surface area contributed by atoms with Crippen LogP contribution in [0.25, 0.3) is 0 Å². The van der Waals surface area contributed by atoms with Gasteiger partial charge in [0.2, 0.25) is 0 Å². The summed E-state index contributed by atoms with van der Waals surface area (Å²) in [5.41, 5.74) is 6.88. The van der Waals surface area contributed by atoms with Gasteiger partial charge in [0, 0.05) is 0 Å². The Balaban J connectivity index is 2.14. The van der Waals surface area contributed by atoms with E-state index in [9.17, 15) is 5.11 Å². The van der Waals surface area contributed by atoms with Crippen molar-refractivity contribution in [2.45, 2.75) is 44.2 Å². The molecule has 1 fully saturated rings. The zero-order valence-corrected chi connectivity index (χ0v) is 11.8. The predicted molar refractivity (Wildman–Crippen MR) is 76.0 cm³/mol. The first-order valence-corrected chi connectivity index (χ1v) is 7.24. The highest BCUT2D eigenvalue weighted by molar-refractivity contribution is 6.42. The Bertz CT molecular complexity index is 405. The first kappa shape index (κ1) is 14.1. The zero-order valence-electron chi connectivity index (χ0n) is 10.3. The number of halogens is 2.